The molecule has 0 saturated carbocycles. The van der Waals surface area contributed by atoms with E-state index < -0.39 is 0 Å². The topological polar surface area (TPSA) is 50.8 Å². The third-order valence-electron chi connectivity index (χ3n) is 3.01. The van der Waals surface area contributed by atoms with Crippen molar-refractivity contribution in [2.75, 3.05) is 49.7 Å². The summed E-state index contributed by atoms with van der Waals surface area (Å²) in [5.41, 5.74) is 1.79. The first kappa shape index (κ1) is 18.9. The molecule has 5 heteroatoms. The minimum Gasteiger partial charge on any atom is -0.376 e. The molecule has 0 fully saturated rings. The van der Waals surface area contributed by atoms with Gasteiger partial charge in [-0.05, 0) is 18.2 Å². The zero-order valence-corrected chi connectivity index (χ0v) is 13.8. The van der Waals surface area contributed by atoms with Gasteiger partial charge in [0.1, 0.15) is 0 Å². The van der Waals surface area contributed by atoms with Crippen LogP contribution in [0.5, 0.6) is 0 Å². The van der Waals surface area contributed by atoms with Crippen molar-refractivity contribution >= 4 is 17.3 Å². The van der Waals surface area contributed by atoms with Crippen LogP contribution in [0.15, 0.2) is 49.6 Å². The second-order valence-corrected chi connectivity index (χ2v) is 4.95. The number of ether oxygens (including phenoxy) is 2. The van der Waals surface area contributed by atoms with Crippen LogP contribution in [0.4, 0.5) is 11.4 Å². The van der Waals surface area contributed by atoms with Gasteiger partial charge in [-0.2, -0.15) is 0 Å². The fourth-order valence-electron chi connectivity index (χ4n) is 2.04. The zero-order chi connectivity index (χ0) is 16.9. The Balaban J connectivity index is 2.69. The van der Waals surface area contributed by atoms with Crippen molar-refractivity contribution in [2.24, 2.45) is 0 Å². The van der Waals surface area contributed by atoms with Gasteiger partial charge in [0.15, 0.2) is 0 Å². The Kier molecular flexibility index (Phi) is 9.43. The molecule has 0 unspecified atom stereocenters. The molecule has 0 bridgehead atoms. The average molecular weight is 318 g/mol. The lowest BCUT2D eigenvalue weighted by molar-refractivity contribution is -0.114. The summed E-state index contributed by atoms with van der Waals surface area (Å²) >= 11 is 0. The largest absolute Gasteiger partial charge is 0.376 e. The number of anilines is 2. The third kappa shape index (κ3) is 8.18. The van der Waals surface area contributed by atoms with Crippen LogP contribution in [0.3, 0.4) is 0 Å². The molecule has 0 saturated heterocycles. The summed E-state index contributed by atoms with van der Waals surface area (Å²) in [4.78, 5) is 13.4. The Labute approximate surface area is 138 Å². The molecule has 0 aliphatic heterocycles. The fourth-order valence-corrected chi connectivity index (χ4v) is 2.04. The summed E-state index contributed by atoms with van der Waals surface area (Å²) < 4.78 is 10.9. The molecule has 23 heavy (non-hydrogen) atoms. The Morgan fingerprint density at radius 2 is 1.78 bits per heavy atom. The zero-order valence-electron chi connectivity index (χ0n) is 13.8. The van der Waals surface area contributed by atoms with E-state index in [9.17, 15) is 4.79 Å². The SMILES string of the molecule is C=CCOCCN(CCOCC=C)c1cccc(NC(C)=O)c1. The van der Waals surface area contributed by atoms with Crippen LogP contribution in [0.1, 0.15) is 6.92 Å². The number of amides is 1. The lowest BCUT2D eigenvalue weighted by Crippen LogP contribution is -2.31. The molecule has 126 valence electrons. The summed E-state index contributed by atoms with van der Waals surface area (Å²) in [6.07, 6.45) is 3.46. The van der Waals surface area contributed by atoms with Gasteiger partial charge in [-0.15, -0.1) is 13.2 Å². The molecule has 1 rings (SSSR count). The molecule has 1 N–H and O–H groups in total. The average Bonchev–Trinajstić information content (AvgIpc) is 2.53. The summed E-state index contributed by atoms with van der Waals surface area (Å²) in [7, 11) is 0. The number of hydrogen-bond donors (Lipinski definition) is 1. The molecule has 1 aromatic carbocycles. The number of nitrogens with one attached hydrogen (secondary N) is 1. The molecule has 0 spiro atoms. The molecule has 0 aliphatic rings. The smallest absolute Gasteiger partial charge is 0.221 e. The molecular formula is C18H26N2O3. The van der Waals surface area contributed by atoms with Gasteiger partial charge >= 0.3 is 0 Å². The van der Waals surface area contributed by atoms with Crippen molar-refractivity contribution in [2.45, 2.75) is 6.92 Å². The van der Waals surface area contributed by atoms with Crippen LogP contribution in [0, 0.1) is 0 Å². The summed E-state index contributed by atoms with van der Waals surface area (Å²) in [5, 5.41) is 2.80. The highest BCUT2D eigenvalue weighted by atomic mass is 16.5. The van der Waals surface area contributed by atoms with Gasteiger partial charge < -0.3 is 19.7 Å². The van der Waals surface area contributed by atoms with Gasteiger partial charge in [0, 0.05) is 31.4 Å². The fraction of sp³-hybridized carbons (Fsp3) is 0.389. The monoisotopic (exact) mass is 318 g/mol. The Hall–Kier alpha value is -2.11. The first-order valence-corrected chi connectivity index (χ1v) is 7.67. The van der Waals surface area contributed by atoms with Crippen molar-refractivity contribution in [1.29, 1.82) is 0 Å². The van der Waals surface area contributed by atoms with E-state index in [4.69, 9.17) is 9.47 Å². The predicted molar refractivity (Wildman–Crippen MR) is 95.0 cm³/mol. The summed E-state index contributed by atoms with van der Waals surface area (Å²) in [6.45, 7) is 12.5. The summed E-state index contributed by atoms with van der Waals surface area (Å²) in [6, 6.07) is 7.74. The molecular weight excluding hydrogens is 292 g/mol. The standard InChI is InChI=1S/C18H26N2O3/c1-4-11-22-13-9-20(10-14-23-12-5-2)18-8-6-7-17(15-18)19-16(3)21/h4-8,15H,1-2,9-14H2,3H3,(H,19,21). The maximum atomic E-state index is 11.2. The molecule has 0 aromatic heterocycles. The first-order chi connectivity index (χ1) is 11.2. The molecule has 1 aromatic rings. The highest BCUT2D eigenvalue weighted by Crippen LogP contribution is 2.19. The molecule has 0 atom stereocenters. The Morgan fingerprint density at radius 1 is 1.17 bits per heavy atom. The molecule has 1 amide bonds. The van der Waals surface area contributed by atoms with E-state index in [0.717, 1.165) is 24.5 Å². The van der Waals surface area contributed by atoms with Crippen LogP contribution < -0.4 is 10.2 Å². The quantitative estimate of drug-likeness (QED) is 0.475. The van der Waals surface area contributed by atoms with E-state index in [-0.39, 0.29) is 5.91 Å². The lowest BCUT2D eigenvalue weighted by atomic mass is 10.2. The number of rotatable bonds is 12. The summed E-state index contributed by atoms with van der Waals surface area (Å²) in [5.74, 6) is -0.0858. The second kappa shape index (κ2) is 11.5. The van der Waals surface area contributed by atoms with Crippen molar-refractivity contribution in [1.82, 2.24) is 0 Å². The van der Waals surface area contributed by atoms with E-state index in [2.05, 4.69) is 23.4 Å². The minimum absolute atomic E-state index is 0.0858. The van der Waals surface area contributed by atoms with E-state index in [1.807, 2.05) is 24.3 Å². The first-order valence-electron chi connectivity index (χ1n) is 7.67. The lowest BCUT2D eigenvalue weighted by Gasteiger charge is -2.25. The Morgan fingerprint density at radius 3 is 2.30 bits per heavy atom. The number of carbonyl (C=O) groups is 1. The molecule has 0 radical (unpaired) electrons. The highest BCUT2D eigenvalue weighted by molar-refractivity contribution is 5.89. The van der Waals surface area contributed by atoms with Gasteiger partial charge in [-0.25, -0.2) is 0 Å². The Bertz CT molecular complexity index is 487. The second-order valence-electron chi connectivity index (χ2n) is 4.95. The van der Waals surface area contributed by atoms with Crippen molar-refractivity contribution in [3.05, 3.63) is 49.6 Å². The predicted octanol–water partition coefficient (Wildman–Crippen LogP) is 2.86. The van der Waals surface area contributed by atoms with Gasteiger partial charge in [0.2, 0.25) is 5.91 Å². The van der Waals surface area contributed by atoms with Crippen molar-refractivity contribution in [3.63, 3.8) is 0 Å². The number of hydrogen-bond acceptors (Lipinski definition) is 4. The molecule has 0 heterocycles. The van der Waals surface area contributed by atoms with Crippen LogP contribution in [-0.2, 0) is 14.3 Å². The van der Waals surface area contributed by atoms with E-state index >= 15 is 0 Å². The van der Waals surface area contributed by atoms with Crippen LogP contribution >= 0.6 is 0 Å². The van der Waals surface area contributed by atoms with Gasteiger partial charge in [0.25, 0.3) is 0 Å². The highest BCUT2D eigenvalue weighted by Gasteiger charge is 2.08. The minimum atomic E-state index is -0.0858. The number of benzene rings is 1. The van der Waals surface area contributed by atoms with E-state index in [0.29, 0.717) is 26.4 Å². The maximum Gasteiger partial charge on any atom is 0.221 e. The van der Waals surface area contributed by atoms with Gasteiger partial charge in [-0.1, -0.05) is 18.2 Å². The maximum absolute atomic E-state index is 11.2. The van der Waals surface area contributed by atoms with Crippen molar-refractivity contribution in [3.8, 4) is 0 Å². The van der Waals surface area contributed by atoms with Gasteiger partial charge in [-0.3, -0.25) is 4.79 Å². The third-order valence-corrected chi connectivity index (χ3v) is 3.01. The van der Waals surface area contributed by atoms with Crippen LogP contribution in [0.2, 0.25) is 0 Å². The van der Waals surface area contributed by atoms with Gasteiger partial charge in [0.05, 0.1) is 26.4 Å². The van der Waals surface area contributed by atoms with E-state index in [1.54, 1.807) is 12.2 Å². The normalized spacial score (nSPS) is 10.1. The molecule has 0 aliphatic carbocycles. The number of carbonyl (C=O) groups excluding carboxylic acids is 1. The van der Waals surface area contributed by atoms with Crippen molar-refractivity contribution < 1.29 is 14.3 Å². The number of nitrogens with zero attached hydrogens (tertiary/aromatic N) is 1. The van der Waals surface area contributed by atoms with Crippen LogP contribution in [0.25, 0.3) is 0 Å². The van der Waals surface area contributed by atoms with Crippen LogP contribution in [-0.4, -0.2) is 45.4 Å². The van der Waals surface area contributed by atoms with E-state index in [1.165, 1.54) is 6.92 Å². The molecule has 5 nitrogen and oxygen atoms in total.